The second-order valence-electron chi connectivity index (χ2n) is 9.38. The Morgan fingerprint density at radius 1 is 1.00 bits per heavy atom. The van der Waals surface area contributed by atoms with Gasteiger partial charge in [-0.3, -0.25) is 9.59 Å². The first-order chi connectivity index (χ1) is 16.4. The molecule has 0 aromatic heterocycles. The van der Waals surface area contributed by atoms with Crippen LogP contribution in [0.25, 0.3) is 11.1 Å². The van der Waals surface area contributed by atoms with E-state index in [2.05, 4.69) is 34.9 Å². The van der Waals surface area contributed by atoms with E-state index in [0.717, 1.165) is 12.8 Å². The molecule has 7 heteroatoms. The number of rotatable bonds is 10. The zero-order valence-electron chi connectivity index (χ0n) is 19.5. The number of carbonyl (C=O) groups is 3. The Morgan fingerprint density at radius 2 is 1.62 bits per heavy atom. The molecule has 1 saturated carbocycles. The summed E-state index contributed by atoms with van der Waals surface area (Å²) in [7, 11) is 0. The molecule has 0 bridgehead atoms. The van der Waals surface area contributed by atoms with Crippen molar-refractivity contribution < 1.29 is 24.2 Å². The number of ether oxygens (including phenoxy) is 1. The number of aliphatic carboxylic acids is 1. The molecule has 34 heavy (non-hydrogen) atoms. The molecule has 1 fully saturated rings. The van der Waals surface area contributed by atoms with E-state index < -0.39 is 12.1 Å². The molecule has 0 unspecified atom stereocenters. The SMILES string of the molecule is CC[C@H](CC(=O)O)NC(=O)CC1CC(CNC(=O)OCC2c3ccccc3-c3ccccc32)C1. The largest absolute Gasteiger partial charge is 0.481 e. The molecule has 2 aliphatic carbocycles. The predicted molar refractivity (Wildman–Crippen MR) is 128 cm³/mol. The van der Waals surface area contributed by atoms with Crippen LogP contribution in [0.4, 0.5) is 4.79 Å². The lowest BCUT2D eigenvalue weighted by molar-refractivity contribution is -0.137. The van der Waals surface area contributed by atoms with Gasteiger partial charge >= 0.3 is 12.1 Å². The first-order valence-electron chi connectivity index (χ1n) is 12.0. The molecule has 0 aliphatic heterocycles. The van der Waals surface area contributed by atoms with Crippen LogP contribution in [-0.4, -0.2) is 42.3 Å². The summed E-state index contributed by atoms with van der Waals surface area (Å²) in [5.41, 5.74) is 4.77. The van der Waals surface area contributed by atoms with E-state index in [9.17, 15) is 14.4 Å². The highest BCUT2D eigenvalue weighted by atomic mass is 16.5. The van der Waals surface area contributed by atoms with Crippen molar-refractivity contribution in [1.29, 1.82) is 0 Å². The number of carboxylic acids is 1. The van der Waals surface area contributed by atoms with E-state index in [1.165, 1.54) is 22.3 Å². The molecule has 3 N–H and O–H groups in total. The van der Waals surface area contributed by atoms with Gasteiger partial charge in [-0.25, -0.2) is 4.79 Å². The first-order valence-corrected chi connectivity index (χ1v) is 12.0. The highest BCUT2D eigenvalue weighted by Crippen LogP contribution is 2.44. The minimum absolute atomic E-state index is 0.0396. The fourth-order valence-corrected chi connectivity index (χ4v) is 5.14. The molecule has 2 aliphatic rings. The van der Waals surface area contributed by atoms with Gasteiger partial charge in [0.2, 0.25) is 5.91 Å². The van der Waals surface area contributed by atoms with E-state index in [0.29, 0.717) is 31.9 Å². The molecule has 1 atom stereocenters. The standard InChI is InChI=1S/C27H32N2O5/c1-2-19(14-26(31)32)29-25(30)13-17-11-18(12-17)15-28-27(33)34-16-24-22-9-5-3-7-20(22)21-8-4-6-10-23(21)24/h3-10,17-19,24H,2,11-16H2,1H3,(H,28,33)(H,29,30)(H,31,32)/t17?,18?,19-/m1/s1. The fraction of sp³-hybridized carbons (Fsp3) is 0.444. The van der Waals surface area contributed by atoms with E-state index in [1.807, 2.05) is 31.2 Å². The predicted octanol–water partition coefficient (Wildman–Crippen LogP) is 4.31. The Hall–Kier alpha value is -3.35. The molecule has 180 valence electrons. The van der Waals surface area contributed by atoms with E-state index in [1.54, 1.807) is 0 Å². The van der Waals surface area contributed by atoms with Gasteiger partial charge in [0.1, 0.15) is 6.61 Å². The van der Waals surface area contributed by atoms with Crippen molar-refractivity contribution in [3.63, 3.8) is 0 Å². The van der Waals surface area contributed by atoms with Crippen molar-refractivity contribution in [3.8, 4) is 11.1 Å². The Balaban J connectivity index is 1.17. The first kappa shape index (κ1) is 23.8. The molecular weight excluding hydrogens is 432 g/mol. The number of carbonyl (C=O) groups excluding carboxylic acids is 2. The van der Waals surface area contributed by atoms with Gasteiger partial charge in [-0.1, -0.05) is 55.5 Å². The summed E-state index contributed by atoms with van der Waals surface area (Å²) < 4.78 is 5.58. The maximum atomic E-state index is 12.3. The third-order valence-corrected chi connectivity index (χ3v) is 6.97. The van der Waals surface area contributed by atoms with E-state index in [-0.39, 0.29) is 30.2 Å². The molecule has 4 rings (SSSR count). The topological polar surface area (TPSA) is 105 Å². The lowest BCUT2D eigenvalue weighted by atomic mass is 9.73. The van der Waals surface area contributed by atoms with Gasteiger partial charge in [-0.05, 0) is 53.4 Å². The lowest BCUT2D eigenvalue weighted by Crippen LogP contribution is -2.41. The van der Waals surface area contributed by atoms with Crippen LogP contribution in [0.2, 0.25) is 0 Å². The highest BCUT2D eigenvalue weighted by Gasteiger charge is 2.32. The zero-order valence-corrected chi connectivity index (χ0v) is 19.5. The van der Waals surface area contributed by atoms with Crippen molar-refractivity contribution in [2.45, 2.75) is 51.0 Å². The molecule has 2 aromatic carbocycles. The molecule has 0 heterocycles. The summed E-state index contributed by atoms with van der Waals surface area (Å²) in [5, 5.41) is 14.6. The van der Waals surface area contributed by atoms with Gasteiger partial charge in [0.25, 0.3) is 0 Å². The maximum Gasteiger partial charge on any atom is 0.407 e. The summed E-state index contributed by atoms with van der Waals surface area (Å²) in [5.74, 6) is -0.357. The number of hydrogen-bond donors (Lipinski definition) is 3. The number of hydrogen-bond acceptors (Lipinski definition) is 4. The Kier molecular flexibility index (Phi) is 7.50. The highest BCUT2D eigenvalue weighted by molar-refractivity contribution is 5.79. The average molecular weight is 465 g/mol. The van der Waals surface area contributed by atoms with Crippen LogP contribution in [0.3, 0.4) is 0 Å². The normalized spacial score (nSPS) is 19.3. The summed E-state index contributed by atoms with van der Waals surface area (Å²) in [4.78, 5) is 35.3. The van der Waals surface area contributed by atoms with Gasteiger partial charge in [0.05, 0.1) is 6.42 Å². The van der Waals surface area contributed by atoms with Gasteiger partial charge in [0, 0.05) is 24.9 Å². The van der Waals surface area contributed by atoms with Crippen molar-refractivity contribution in [2.75, 3.05) is 13.2 Å². The summed E-state index contributed by atoms with van der Waals surface area (Å²) in [6, 6.07) is 16.2. The summed E-state index contributed by atoms with van der Waals surface area (Å²) in [6.07, 6.45) is 2.26. The van der Waals surface area contributed by atoms with Gasteiger partial charge in [-0.15, -0.1) is 0 Å². The maximum absolute atomic E-state index is 12.3. The minimum Gasteiger partial charge on any atom is -0.481 e. The summed E-state index contributed by atoms with van der Waals surface area (Å²) in [6.45, 7) is 2.69. The summed E-state index contributed by atoms with van der Waals surface area (Å²) >= 11 is 0. The van der Waals surface area contributed by atoms with Gasteiger partial charge in [-0.2, -0.15) is 0 Å². The van der Waals surface area contributed by atoms with Crippen molar-refractivity contribution >= 4 is 18.0 Å². The second kappa shape index (κ2) is 10.7. The zero-order chi connectivity index (χ0) is 24.1. The number of fused-ring (bicyclic) bond motifs is 3. The molecule has 2 amide bonds. The number of alkyl carbamates (subject to hydrolysis) is 1. The van der Waals surface area contributed by atoms with Crippen LogP contribution in [-0.2, 0) is 14.3 Å². The Morgan fingerprint density at radius 3 is 2.21 bits per heavy atom. The van der Waals surface area contributed by atoms with Crippen LogP contribution in [0.5, 0.6) is 0 Å². The second-order valence-corrected chi connectivity index (χ2v) is 9.38. The molecule has 0 spiro atoms. The van der Waals surface area contributed by atoms with Crippen LogP contribution >= 0.6 is 0 Å². The molecule has 0 saturated heterocycles. The number of carboxylic acid groups (broad SMARTS) is 1. The Labute approximate surface area is 199 Å². The van der Waals surface area contributed by atoms with Gasteiger partial charge in [0.15, 0.2) is 0 Å². The van der Waals surface area contributed by atoms with Crippen LogP contribution in [0.15, 0.2) is 48.5 Å². The average Bonchev–Trinajstić information content (AvgIpc) is 3.12. The minimum atomic E-state index is -0.907. The van der Waals surface area contributed by atoms with Crippen molar-refractivity contribution in [2.24, 2.45) is 11.8 Å². The molecule has 0 radical (unpaired) electrons. The van der Waals surface area contributed by atoms with Gasteiger partial charge < -0.3 is 20.5 Å². The number of benzene rings is 2. The van der Waals surface area contributed by atoms with E-state index >= 15 is 0 Å². The molecule has 7 nitrogen and oxygen atoms in total. The Bertz CT molecular complexity index is 1000. The van der Waals surface area contributed by atoms with Crippen LogP contribution < -0.4 is 10.6 Å². The fourth-order valence-electron chi connectivity index (χ4n) is 5.14. The number of nitrogens with one attached hydrogen (secondary N) is 2. The quantitative estimate of drug-likeness (QED) is 0.486. The molecule has 2 aromatic rings. The third kappa shape index (κ3) is 5.58. The van der Waals surface area contributed by atoms with Crippen molar-refractivity contribution in [3.05, 3.63) is 59.7 Å². The van der Waals surface area contributed by atoms with Crippen LogP contribution in [0, 0.1) is 11.8 Å². The third-order valence-electron chi connectivity index (χ3n) is 6.97. The monoisotopic (exact) mass is 464 g/mol. The lowest BCUT2D eigenvalue weighted by Gasteiger charge is -2.35. The molecular formula is C27H32N2O5. The number of amides is 2. The van der Waals surface area contributed by atoms with E-state index in [4.69, 9.17) is 9.84 Å². The van der Waals surface area contributed by atoms with Crippen LogP contribution in [0.1, 0.15) is 56.1 Å². The van der Waals surface area contributed by atoms with Crippen molar-refractivity contribution in [1.82, 2.24) is 10.6 Å². The smallest absolute Gasteiger partial charge is 0.407 e.